The summed E-state index contributed by atoms with van der Waals surface area (Å²) < 4.78 is 56.7. The number of anilines is 1. The number of pyridine rings is 1. The molecular formula is C22H17F4N3O3. The molecule has 0 aliphatic rings. The highest BCUT2D eigenvalue weighted by Crippen LogP contribution is 2.24. The minimum atomic E-state index is -4.61. The Labute approximate surface area is 180 Å². The van der Waals surface area contributed by atoms with Crippen molar-refractivity contribution in [2.24, 2.45) is 0 Å². The maximum atomic E-state index is 14.2. The summed E-state index contributed by atoms with van der Waals surface area (Å²) in [5.41, 5.74) is -0.145. The molecular weight excluding hydrogens is 430 g/mol. The summed E-state index contributed by atoms with van der Waals surface area (Å²) in [5, 5.41) is 4.13. The largest absolute Gasteiger partial charge is 0.456 e. The number of carbonyl (C=O) groups is 2. The summed E-state index contributed by atoms with van der Waals surface area (Å²) in [6.45, 7) is -0.191. The van der Waals surface area contributed by atoms with Gasteiger partial charge in [-0.25, -0.2) is 4.39 Å². The first-order valence-electron chi connectivity index (χ1n) is 9.27. The second-order valence-corrected chi connectivity index (χ2v) is 6.70. The first-order chi connectivity index (χ1) is 15.1. The van der Waals surface area contributed by atoms with Crippen molar-refractivity contribution in [2.45, 2.75) is 13.1 Å². The molecule has 0 aliphatic heterocycles. The van der Waals surface area contributed by atoms with Gasteiger partial charge in [-0.05, 0) is 55.5 Å². The molecule has 3 rings (SSSR count). The number of rotatable bonds is 6. The number of amides is 2. The van der Waals surface area contributed by atoms with Gasteiger partial charge in [-0.2, -0.15) is 13.2 Å². The van der Waals surface area contributed by atoms with Crippen molar-refractivity contribution < 1.29 is 31.9 Å². The van der Waals surface area contributed by atoms with Gasteiger partial charge in [-0.15, -0.1) is 0 Å². The Kier molecular flexibility index (Phi) is 6.72. The molecule has 2 aromatic carbocycles. The Hall–Kier alpha value is -3.95. The van der Waals surface area contributed by atoms with Crippen LogP contribution in [0.1, 0.15) is 26.3 Å². The monoisotopic (exact) mass is 447 g/mol. The number of halogens is 4. The minimum Gasteiger partial charge on any atom is -0.456 e. The summed E-state index contributed by atoms with van der Waals surface area (Å²) in [5.74, 6) is -1.60. The molecule has 1 heterocycles. The van der Waals surface area contributed by atoms with Crippen molar-refractivity contribution >= 4 is 17.5 Å². The Morgan fingerprint density at radius 2 is 1.72 bits per heavy atom. The molecule has 2 N–H and O–H groups in total. The van der Waals surface area contributed by atoms with Gasteiger partial charge >= 0.3 is 6.18 Å². The van der Waals surface area contributed by atoms with E-state index in [1.807, 2.05) is 0 Å². The molecule has 0 radical (unpaired) electrons. The lowest BCUT2D eigenvalue weighted by atomic mass is 10.1. The second kappa shape index (κ2) is 9.46. The molecule has 0 unspecified atom stereocenters. The van der Waals surface area contributed by atoms with Crippen molar-refractivity contribution in [3.63, 3.8) is 0 Å². The second-order valence-electron chi connectivity index (χ2n) is 6.70. The molecule has 0 saturated heterocycles. The molecule has 2 amide bonds. The lowest BCUT2D eigenvalue weighted by Crippen LogP contribution is -2.33. The van der Waals surface area contributed by atoms with Crippen molar-refractivity contribution in [3.8, 4) is 11.5 Å². The fraction of sp³-hybridized carbons (Fsp3) is 0.136. The van der Waals surface area contributed by atoms with Crippen LogP contribution in [-0.4, -0.2) is 29.5 Å². The van der Waals surface area contributed by atoms with Gasteiger partial charge < -0.3 is 15.4 Å². The number of alkyl halides is 3. The van der Waals surface area contributed by atoms with Crippen molar-refractivity contribution in [1.29, 1.82) is 0 Å². The molecule has 166 valence electrons. The molecule has 0 aliphatic carbocycles. The zero-order valence-electron chi connectivity index (χ0n) is 16.7. The number of nitrogens with zero attached hydrogens (tertiary/aromatic N) is 1. The fourth-order valence-corrected chi connectivity index (χ4v) is 2.63. The van der Waals surface area contributed by atoms with Gasteiger partial charge in [-0.1, -0.05) is 0 Å². The van der Waals surface area contributed by atoms with Crippen molar-refractivity contribution in [2.75, 3.05) is 11.9 Å². The van der Waals surface area contributed by atoms with E-state index >= 15 is 0 Å². The van der Waals surface area contributed by atoms with Crippen LogP contribution in [0.5, 0.6) is 11.5 Å². The molecule has 0 bridgehead atoms. The summed E-state index contributed by atoms with van der Waals surface area (Å²) in [6, 6.07) is 11.4. The lowest BCUT2D eigenvalue weighted by molar-refractivity contribution is -0.123. The number of benzene rings is 2. The van der Waals surface area contributed by atoms with Crippen LogP contribution in [-0.2, 0) is 0 Å². The zero-order valence-corrected chi connectivity index (χ0v) is 16.7. The molecule has 0 fully saturated rings. The standard InChI is InChI=1S/C22H17F4N3O3/c1-13-18(23)9-15(20(30)28-12-22(24,25)26)10-19(13)29-21(31)14-4-6-16(7-5-14)32-17-3-2-8-27-11-17/h2-11H,12H2,1H3,(H,28,30)(H,29,31). The van der Waals surface area contributed by atoms with Gasteiger partial charge in [0.15, 0.2) is 0 Å². The van der Waals surface area contributed by atoms with Crippen LogP contribution in [0.4, 0.5) is 23.2 Å². The molecule has 10 heteroatoms. The third-order valence-corrected chi connectivity index (χ3v) is 4.29. The quantitative estimate of drug-likeness (QED) is 0.529. The van der Waals surface area contributed by atoms with Crippen LogP contribution >= 0.6 is 0 Å². The predicted octanol–water partition coefficient (Wildman–Crippen LogP) is 4.87. The Morgan fingerprint density at radius 3 is 2.34 bits per heavy atom. The number of ether oxygens (including phenoxy) is 1. The van der Waals surface area contributed by atoms with E-state index in [-0.39, 0.29) is 22.4 Å². The maximum Gasteiger partial charge on any atom is 0.405 e. The first kappa shape index (κ1) is 22.7. The van der Waals surface area contributed by atoms with Gasteiger partial charge in [0.25, 0.3) is 11.8 Å². The smallest absolute Gasteiger partial charge is 0.405 e. The zero-order chi connectivity index (χ0) is 23.3. The third kappa shape index (κ3) is 6.03. The van der Waals surface area contributed by atoms with E-state index in [4.69, 9.17) is 4.74 Å². The van der Waals surface area contributed by atoms with E-state index in [9.17, 15) is 27.2 Å². The van der Waals surface area contributed by atoms with Crippen molar-refractivity contribution in [1.82, 2.24) is 10.3 Å². The van der Waals surface area contributed by atoms with Crippen LogP contribution < -0.4 is 15.4 Å². The molecule has 0 atom stereocenters. The maximum absolute atomic E-state index is 14.2. The molecule has 1 aromatic heterocycles. The number of aromatic nitrogens is 1. The van der Waals surface area contributed by atoms with Crippen LogP contribution in [0.25, 0.3) is 0 Å². The molecule has 3 aromatic rings. The molecule has 0 saturated carbocycles. The number of hydrogen-bond acceptors (Lipinski definition) is 4. The minimum absolute atomic E-state index is 0.0299. The summed E-state index contributed by atoms with van der Waals surface area (Å²) >= 11 is 0. The van der Waals surface area contributed by atoms with Gasteiger partial charge in [0.2, 0.25) is 0 Å². The number of hydrogen-bond donors (Lipinski definition) is 2. The topological polar surface area (TPSA) is 80.3 Å². The summed E-state index contributed by atoms with van der Waals surface area (Å²) in [6.07, 6.45) is -1.49. The average molecular weight is 447 g/mol. The molecule has 6 nitrogen and oxygen atoms in total. The fourth-order valence-electron chi connectivity index (χ4n) is 2.63. The summed E-state index contributed by atoms with van der Waals surface area (Å²) in [4.78, 5) is 28.4. The summed E-state index contributed by atoms with van der Waals surface area (Å²) in [7, 11) is 0. The van der Waals surface area contributed by atoms with Crippen LogP contribution in [0, 0.1) is 12.7 Å². The van der Waals surface area contributed by atoms with E-state index in [0.29, 0.717) is 11.5 Å². The van der Waals surface area contributed by atoms with E-state index < -0.39 is 30.4 Å². The number of nitrogens with one attached hydrogen (secondary N) is 2. The average Bonchev–Trinajstić information content (AvgIpc) is 2.75. The SMILES string of the molecule is Cc1c(F)cc(C(=O)NCC(F)(F)F)cc1NC(=O)c1ccc(Oc2cccnc2)cc1. The Bertz CT molecular complexity index is 1120. The van der Waals surface area contributed by atoms with Crippen molar-refractivity contribution in [3.05, 3.63) is 83.4 Å². The predicted molar refractivity (Wildman–Crippen MR) is 108 cm³/mol. The first-order valence-corrected chi connectivity index (χ1v) is 9.27. The van der Waals surface area contributed by atoms with Gasteiger partial charge in [-0.3, -0.25) is 14.6 Å². The van der Waals surface area contributed by atoms with Gasteiger partial charge in [0, 0.05) is 28.6 Å². The Morgan fingerprint density at radius 1 is 1.00 bits per heavy atom. The van der Waals surface area contributed by atoms with E-state index in [2.05, 4.69) is 10.3 Å². The van der Waals surface area contributed by atoms with Crippen LogP contribution in [0.2, 0.25) is 0 Å². The van der Waals surface area contributed by atoms with Crippen LogP contribution in [0.15, 0.2) is 60.9 Å². The van der Waals surface area contributed by atoms with Crippen LogP contribution in [0.3, 0.4) is 0 Å². The lowest BCUT2D eigenvalue weighted by Gasteiger charge is -2.13. The van der Waals surface area contributed by atoms with Gasteiger partial charge in [0.1, 0.15) is 23.9 Å². The third-order valence-electron chi connectivity index (χ3n) is 4.29. The normalized spacial score (nSPS) is 11.0. The van der Waals surface area contributed by atoms with E-state index in [0.717, 1.165) is 12.1 Å². The number of carbonyl (C=O) groups excluding carboxylic acids is 2. The highest BCUT2D eigenvalue weighted by molar-refractivity contribution is 6.05. The molecule has 0 spiro atoms. The highest BCUT2D eigenvalue weighted by Gasteiger charge is 2.28. The highest BCUT2D eigenvalue weighted by atomic mass is 19.4. The molecule has 32 heavy (non-hydrogen) atoms. The van der Waals surface area contributed by atoms with E-state index in [1.165, 1.54) is 25.3 Å². The van der Waals surface area contributed by atoms with E-state index in [1.54, 1.807) is 35.8 Å². The Balaban J connectivity index is 1.72. The van der Waals surface area contributed by atoms with Gasteiger partial charge in [0.05, 0.1) is 6.20 Å².